The van der Waals surface area contributed by atoms with Crippen molar-refractivity contribution in [2.45, 2.75) is 64.5 Å². The molecule has 6 rings (SSSR count). The second-order valence-corrected chi connectivity index (χ2v) is 13.2. The average molecular weight is 605 g/mol. The number of likely N-dealkylation sites (tertiary alicyclic amines) is 1. The molecule has 4 heterocycles. The largest absolute Gasteiger partial charge is 0.495 e. The minimum Gasteiger partial charge on any atom is -0.495 e. The summed E-state index contributed by atoms with van der Waals surface area (Å²) in [5, 5.41) is 9.57. The highest BCUT2D eigenvalue weighted by molar-refractivity contribution is 6.01. The first-order chi connectivity index (χ1) is 21.1. The second-order valence-electron chi connectivity index (χ2n) is 13.2. The van der Waals surface area contributed by atoms with Gasteiger partial charge >= 0.3 is 0 Å². The number of hydrogen-bond acceptors (Lipinski definition) is 9. The van der Waals surface area contributed by atoms with Gasteiger partial charge in [0.25, 0.3) is 5.91 Å². The summed E-state index contributed by atoms with van der Waals surface area (Å²) in [6.07, 6.45) is 7.68. The molecule has 236 valence electrons. The minimum atomic E-state index is -0.562. The fraction of sp³-hybridized carbons (Fsp3) is 0.594. The normalized spacial score (nSPS) is 21.0. The van der Waals surface area contributed by atoms with E-state index in [0.717, 1.165) is 44.6 Å². The molecule has 0 unspecified atom stereocenters. The Morgan fingerprint density at radius 1 is 1.09 bits per heavy atom. The minimum absolute atomic E-state index is 0.0145. The van der Waals surface area contributed by atoms with Crippen LogP contribution < -0.4 is 30.5 Å². The number of benzene rings is 1. The van der Waals surface area contributed by atoms with Crippen LogP contribution in [-0.4, -0.2) is 91.6 Å². The molecular formula is C32H44N8O4. The van der Waals surface area contributed by atoms with E-state index in [1.165, 1.54) is 12.8 Å². The van der Waals surface area contributed by atoms with Crippen LogP contribution in [-0.2, 0) is 9.59 Å². The lowest BCUT2D eigenvalue weighted by Gasteiger charge is -2.37. The van der Waals surface area contributed by atoms with Crippen LogP contribution in [0.1, 0.15) is 62.7 Å². The SMILES string of the molecule is COc1cc(C(=O)NC2CCN(C(=O)C3CNC3)CC2)ccc1Nc1ncc2c(n1)N(C1CCCC1)CC(C)(C)C(=O)N2C. The number of carbonyl (C=O) groups excluding carboxylic acids is 3. The number of hydrogen-bond donors (Lipinski definition) is 3. The van der Waals surface area contributed by atoms with E-state index in [9.17, 15) is 14.4 Å². The molecule has 1 aliphatic carbocycles. The topological polar surface area (TPSA) is 132 Å². The van der Waals surface area contributed by atoms with Gasteiger partial charge in [0.05, 0.1) is 30.3 Å². The lowest BCUT2D eigenvalue weighted by atomic mass is 9.91. The lowest BCUT2D eigenvalue weighted by Crippen LogP contribution is -2.55. The molecule has 1 aromatic heterocycles. The molecule has 3 N–H and O–H groups in total. The van der Waals surface area contributed by atoms with Gasteiger partial charge in [-0.25, -0.2) is 4.98 Å². The number of aromatic nitrogens is 2. The van der Waals surface area contributed by atoms with E-state index >= 15 is 0 Å². The van der Waals surface area contributed by atoms with Gasteiger partial charge in [-0.15, -0.1) is 0 Å². The summed E-state index contributed by atoms with van der Waals surface area (Å²) in [6, 6.07) is 5.61. The number of nitrogens with one attached hydrogen (secondary N) is 3. The predicted octanol–water partition coefficient (Wildman–Crippen LogP) is 2.92. The van der Waals surface area contributed by atoms with Gasteiger partial charge in [0, 0.05) is 57.4 Å². The summed E-state index contributed by atoms with van der Waals surface area (Å²) in [5.41, 5.74) is 1.26. The maximum absolute atomic E-state index is 13.3. The molecule has 0 spiro atoms. The van der Waals surface area contributed by atoms with Crippen LogP contribution >= 0.6 is 0 Å². The lowest BCUT2D eigenvalue weighted by molar-refractivity contribution is -0.138. The Labute approximate surface area is 258 Å². The van der Waals surface area contributed by atoms with Crippen LogP contribution in [0.25, 0.3) is 0 Å². The van der Waals surface area contributed by atoms with E-state index in [4.69, 9.17) is 9.72 Å². The summed E-state index contributed by atoms with van der Waals surface area (Å²) in [6.45, 7) is 7.41. The van der Waals surface area contributed by atoms with Crippen molar-refractivity contribution in [3.8, 4) is 5.75 Å². The van der Waals surface area contributed by atoms with Crippen LogP contribution in [0.15, 0.2) is 24.4 Å². The molecule has 2 saturated heterocycles. The summed E-state index contributed by atoms with van der Waals surface area (Å²) in [7, 11) is 3.36. The Morgan fingerprint density at radius 3 is 2.48 bits per heavy atom. The van der Waals surface area contributed by atoms with Crippen LogP contribution in [0.4, 0.5) is 23.1 Å². The Morgan fingerprint density at radius 2 is 1.82 bits per heavy atom. The summed E-state index contributed by atoms with van der Waals surface area (Å²) in [4.78, 5) is 54.4. The van der Waals surface area contributed by atoms with E-state index < -0.39 is 5.41 Å². The maximum Gasteiger partial charge on any atom is 0.251 e. The van der Waals surface area contributed by atoms with Gasteiger partial charge in [-0.05, 0) is 57.7 Å². The summed E-state index contributed by atoms with van der Waals surface area (Å²) >= 11 is 0. The summed E-state index contributed by atoms with van der Waals surface area (Å²) < 4.78 is 5.66. The molecule has 1 saturated carbocycles. The van der Waals surface area contributed by atoms with Gasteiger partial charge in [-0.3, -0.25) is 14.4 Å². The number of amides is 3. The molecule has 0 radical (unpaired) electrons. The van der Waals surface area contributed by atoms with E-state index in [0.29, 0.717) is 54.3 Å². The van der Waals surface area contributed by atoms with Crippen LogP contribution in [0.2, 0.25) is 0 Å². The number of rotatable bonds is 7. The number of nitrogens with zero attached hydrogens (tertiary/aromatic N) is 5. The Balaban J connectivity index is 1.15. The first-order valence-corrected chi connectivity index (χ1v) is 15.8. The third-order valence-electron chi connectivity index (χ3n) is 9.58. The standard InChI is InChI=1S/C32H44N8O4/c1-32(2)19-40(23-7-5-6-8-23)27-25(38(3)30(32)43)18-34-31(37-27)36-24-10-9-20(15-26(24)44-4)28(41)35-22-11-13-39(14-12-22)29(42)21-16-33-17-21/h9-10,15,18,21-23,33H,5-8,11-14,16-17,19H2,1-4H3,(H,35,41)(H,34,36,37). The number of fused-ring (bicyclic) bond motifs is 1. The molecule has 4 aliphatic rings. The molecule has 3 amide bonds. The molecule has 12 nitrogen and oxygen atoms in total. The Hall–Kier alpha value is -3.93. The molecule has 3 fully saturated rings. The highest BCUT2D eigenvalue weighted by Gasteiger charge is 2.41. The first-order valence-electron chi connectivity index (χ1n) is 15.8. The van der Waals surface area contributed by atoms with Gasteiger partial charge in [0.1, 0.15) is 11.4 Å². The molecule has 0 bridgehead atoms. The van der Waals surface area contributed by atoms with Gasteiger partial charge in [0.2, 0.25) is 17.8 Å². The predicted molar refractivity (Wildman–Crippen MR) is 169 cm³/mol. The third kappa shape index (κ3) is 5.91. The maximum atomic E-state index is 13.3. The molecule has 0 atom stereocenters. The van der Waals surface area contributed by atoms with Crippen molar-refractivity contribution in [1.29, 1.82) is 0 Å². The fourth-order valence-electron chi connectivity index (χ4n) is 6.82. The Bertz CT molecular complexity index is 1410. The zero-order valence-electron chi connectivity index (χ0n) is 26.2. The van der Waals surface area contributed by atoms with Crippen LogP contribution in [0, 0.1) is 11.3 Å². The van der Waals surface area contributed by atoms with Crippen molar-refractivity contribution >= 4 is 40.9 Å². The van der Waals surface area contributed by atoms with Gasteiger partial charge in [-0.2, -0.15) is 4.98 Å². The second kappa shape index (κ2) is 12.2. The first kappa shape index (κ1) is 30.1. The smallest absolute Gasteiger partial charge is 0.251 e. The van der Waals surface area contributed by atoms with Gasteiger partial charge in [-0.1, -0.05) is 12.8 Å². The highest BCUT2D eigenvalue weighted by atomic mass is 16.5. The van der Waals surface area contributed by atoms with E-state index in [1.54, 1.807) is 43.5 Å². The molecule has 44 heavy (non-hydrogen) atoms. The van der Waals surface area contributed by atoms with E-state index in [2.05, 4.69) is 25.8 Å². The Kier molecular flexibility index (Phi) is 8.36. The fourth-order valence-corrected chi connectivity index (χ4v) is 6.82. The molecule has 3 aliphatic heterocycles. The molecule has 2 aromatic rings. The molecular weight excluding hydrogens is 560 g/mol. The highest BCUT2D eigenvalue weighted by Crippen LogP contribution is 2.40. The van der Waals surface area contributed by atoms with E-state index in [1.807, 2.05) is 18.7 Å². The van der Waals surface area contributed by atoms with Crippen LogP contribution in [0.3, 0.4) is 0 Å². The van der Waals surface area contributed by atoms with Crippen molar-refractivity contribution in [3.05, 3.63) is 30.0 Å². The zero-order valence-corrected chi connectivity index (χ0v) is 26.2. The van der Waals surface area contributed by atoms with E-state index in [-0.39, 0.29) is 29.7 Å². The molecule has 1 aromatic carbocycles. The van der Waals surface area contributed by atoms with Crippen molar-refractivity contribution < 1.29 is 19.1 Å². The van der Waals surface area contributed by atoms with Crippen molar-refractivity contribution in [2.75, 3.05) is 62.0 Å². The van der Waals surface area contributed by atoms with Crippen molar-refractivity contribution in [2.24, 2.45) is 11.3 Å². The van der Waals surface area contributed by atoms with Crippen LogP contribution in [0.5, 0.6) is 5.75 Å². The number of piperidine rings is 1. The number of ether oxygens (including phenoxy) is 1. The molecule has 12 heteroatoms. The zero-order chi connectivity index (χ0) is 31.0. The summed E-state index contributed by atoms with van der Waals surface area (Å²) in [5.74, 6) is 1.82. The average Bonchev–Trinajstić information content (AvgIpc) is 3.51. The van der Waals surface area contributed by atoms with Gasteiger partial charge < -0.3 is 35.4 Å². The number of methoxy groups -OCH3 is 1. The van der Waals surface area contributed by atoms with Gasteiger partial charge in [0.15, 0.2) is 5.82 Å². The quantitative estimate of drug-likeness (QED) is 0.437. The van der Waals surface area contributed by atoms with Crippen molar-refractivity contribution in [3.63, 3.8) is 0 Å². The monoisotopic (exact) mass is 604 g/mol. The number of carbonyl (C=O) groups is 3. The van der Waals surface area contributed by atoms with Crippen molar-refractivity contribution in [1.82, 2.24) is 25.5 Å². The number of anilines is 4. The third-order valence-corrected chi connectivity index (χ3v) is 9.58.